The van der Waals surface area contributed by atoms with E-state index in [1.165, 1.54) is 10.5 Å². The van der Waals surface area contributed by atoms with E-state index < -0.39 is 0 Å². The van der Waals surface area contributed by atoms with E-state index in [2.05, 4.69) is 26.1 Å². The zero-order valence-electron chi connectivity index (χ0n) is 20.4. The molecule has 0 aliphatic carbocycles. The molecule has 33 heavy (non-hydrogen) atoms. The maximum Gasteiger partial charge on any atom is 0.278 e. The Kier molecular flexibility index (Phi) is 7.59. The van der Waals surface area contributed by atoms with E-state index in [0.29, 0.717) is 30.1 Å². The molecule has 0 atom stereocenters. The van der Waals surface area contributed by atoms with Crippen molar-refractivity contribution in [2.24, 2.45) is 0 Å². The fourth-order valence-corrected chi connectivity index (χ4v) is 3.62. The number of rotatable bonds is 9. The van der Waals surface area contributed by atoms with Crippen LogP contribution in [0.25, 0.3) is 5.57 Å². The number of amides is 2. The number of ether oxygens (including phenoxy) is 2. The van der Waals surface area contributed by atoms with E-state index in [-0.39, 0.29) is 35.6 Å². The topological polar surface area (TPSA) is 67.9 Å². The van der Waals surface area contributed by atoms with Gasteiger partial charge in [0.1, 0.15) is 11.4 Å². The summed E-state index contributed by atoms with van der Waals surface area (Å²) in [5.41, 5.74) is 3.26. The maximum atomic E-state index is 13.3. The van der Waals surface area contributed by atoms with Crippen molar-refractivity contribution in [1.29, 1.82) is 0 Å². The molecule has 176 valence electrons. The molecule has 0 unspecified atom stereocenters. The smallest absolute Gasteiger partial charge is 0.278 e. The summed E-state index contributed by atoms with van der Waals surface area (Å²) in [6.07, 6.45) is 0.0234. The Hall–Kier alpha value is -3.12. The van der Waals surface area contributed by atoms with Crippen molar-refractivity contribution in [3.05, 3.63) is 65.4 Å². The van der Waals surface area contributed by atoms with Gasteiger partial charge in [0.05, 0.1) is 31.4 Å². The molecule has 0 fully saturated rings. The molecule has 1 N–H and O–H groups in total. The van der Waals surface area contributed by atoms with Crippen LogP contribution in [0, 0.1) is 0 Å². The Morgan fingerprint density at radius 2 is 1.58 bits per heavy atom. The fourth-order valence-electron chi connectivity index (χ4n) is 3.62. The minimum absolute atomic E-state index is 0.0234. The summed E-state index contributed by atoms with van der Waals surface area (Å²) in [5.74, 6) is 0.0366. The lowest BCUT2D eigenvalue weighted by molar-refractivity contribution is -0.137. The first-order valence-corrected chi connectivity index (χ1v) is 11.4. The number of nitrogens with zero attached hydrogens (tertiary/aromatic N) is 1. The van der Waals surface area contributed by atoms with Crippen molar-refractivity contribution >= 4 is 23.1 Å². The second-order valence-electron chi connectivity index (χ2n) is 9.34. The molecule has 3 rings (SSSR count). The summed E-state index contributed by atoms with van der Waals surface area (Å²) in [4.78, 5) is 27.8. The molecule has 0 saturated carbocycles. The van der Waals surface area contributed by atoms with Crippen LogP contribution in [-0.4, -0.2) is 42.6 Å². The van der Waals surface area contributed by atoms with Crippen LogP contribution in [0.1, 0.15) is 52.7 Å². The van der Waals surface area contributed by atoms with Gasteiger partial charge in [-0.05, 0) is 61.6 Å². The van der Waals surface area contributed by atoms with E-state index in [1.807, 2.05) is 69.3 Å². The van der Waals surface area contributed by atoms with Gasteiger partial charge in [-0.15, -0.1) is 0 Å². The van der Waals surface area contributed by atoms with Crippen molar-refractivity contribution in [1.82, 2.24) is 4.90 Å². The molecule has 0 saturated heterocycles. The first kappa shape index (κ1) is 24.5. The van der Waals surface area contributed by atoms with Crippen LogP contribution in [0.4, 0.5) is 5.69 Å². The molecule has 0 aromatic heterocycles. The highest BCUT2D eigenvalue weighted by molar-refractivity contribution is 6.36. The van der Waals surface area contributed by atoms with Gasteiger partial charge in [-0.3, -0.25) is 14.5 Å². The second-order valence-corrected chi connectivity index (χ2v) is 9.34. The number of carbonyl (C=O) groups excluding carboxylic acids is 2. The number of carbonyl (C=O) groups is 2. The highest BCUT2D eigenvalue weighted by atomic mass is 16.5. The first-order chi connectivity index (χ1) is 15.6. The summed E-state index contributed by atoms with van der Waals surface area (Å²) in [6.45, 7) is 13.3. The van der Waals surface area contributed by atoms with Crippen molar-refractivity contribution in [2.75, 3.05) is 25.1 Å². The van der Waals surface area contributed by atoms with Crippen molar-refractivity contribution in [3.63, 3.8) is 0 Å². The van der Waals surface area contributed by atoms with Crippen LogP contribution in [0.2, 0.25) is 0 Å². The highest BCUT2D eigenvalue weighted by Gasteiger charge is 2.39. The summed E-state index contributed by atoms with van der Waals surface area (Å²) < 4.78 is 11.1. The molecule has 2 aromatic rings. The van der Waals surface area contributed by atoms with Crippen LogP contribution in [0.3, 0.4) is 0 Å². The van der Waals surface area contributed by atoms with Gasteiger partial charge < -0.3 is 14.8 Å². The summed E-state index contributed by atoms with van der Waals surface area (Å²) in [5, 5.41) is 3.21. The van der Waals surface area contributed by atoms with E-state index in [1.54, 1.807) is 0 Å². The summed E-state index contributed by atoms with van der Waals surface area (Å²) in [6, 6.07) is 15.2. The van der Waals surface area contributed by atoms with Gasteiger partial charge in [-0.25, -0.2) is 0 Å². The van der Waals surface area contributed by atoms with Gasteiger partial charge in [-0.2, -0.15) is 0 Å². The SMILES string of the molecule is CCOc1ccc(C2=C(Nc3ccc(C(C)(C)C)cc3)C(=O)N(CCOC(C)C)C2=O)cc1. The van der Waals surface area contributed by atoms with Crippen LogP contribution >= 0.6 is 0 Å². The van der Waals surface area contributed by atoms with E-state index in [0.717, 1.165) is 5.69 Å². The Balaban J connectivity index is 1.94. The molecule has 2 amide bonds. The van der Waals surface area contributed by atoms with Crippen molar-refractivity contribution in [2.45, 2.75) is 53.1 Å². The van der Waals surface area contributed by atoms with E-state index in [4.69, 9.17) is 9.47 Å². The number of anilines is 1. The Labute approximate surface area is 196 Å². The zero-order valence-corrected chi connectivity index (χ0v) is 20.4. The number of nitrogens with one attached hydrogen (secondary N) is 1. The third-order valence-corrected chi connectivity index (χ3v) is 5.41. The second kappa shape index (κ2) is 10.2. The molecule has 0 radical (unpaired) electrons. The van der Waals surface area contributed by atoms with Gasteiger partial charge >= 0.3 is 0 Å². The van der Waals surface area contributed by atoms with Crippen LogP contribution in [-0.2, 0) is 19.7 Å². The highest BCUT2D eigenvalue weighted by Crippen LogP contribution is 2.32. The molecule has 2 aromatic carbocycles. The summed E-state index contributed by atoms with van der Waals surface area (Å²) in [7, 11) is 0. The lowest BCUT2D eigenvalue weighted by Crippen LogP contribution is -2.35. The largest absolute Gasteiger partial charge is 0.494 e. The Bertz CT molecular complexity index is 1020. The molecule has 0 bridgehead atoms. The van der Waals surface area contributed by atoms with E-state index >= 15 is 0 Å². The molecular formula is C27H34N2O4. The standard InChI is InChI=1S/C27H34N2O4/c1-7-32-22-14-8-19(9-15-22)23-24(26(31)29(25(23)30)16-17-33-18(2)3)28-21-12-10-20(11-13-21)27(4,5)6/h8-15,18,28H,7,16-17H2,1-6H3. The predicted molar refractivity (Wildman–Crippen MR) is 131 cm³/mol. The number of hydrogen-bond donors (Lipinski definition) is 1. The third kappa shape index (κ3) is 5.82. The number of benzene rings is 2. The summed E-state index contributed by atoms with van der Waals surface area (Å²) >= 11 is 0. The average molecular weight is 451 g/mol. The van der Waals surface area contributed by atoms with Gasteiger partial charge in [-0.1, -0.05) is 45.0 Å². The molecule has 6 heteroatoms. The lowest BCUT2D eigenvalue weighted by Gasteiger charge is -2.19. The first-order valence-electron chi connectivity index (χ1n) is 11.4. The molecular weight excluding hydrogens is 416 g/mol. The van der Waals surface area contributed by atoms with E-state index in [9.17, 15) is 9.59 Å². The predicted octanol–water partition coefficient (Wildman–Crippen LogP) is 5.00. The third-order valence-electron chi connectivity index (χ3n) is 5.41. The number of hydrogen-bond acceptors (Lipinski definition) is 5. The van der Waals surface area contributed by atoms with Gasteiger partial charge in [0.25, 0.3) is 11.8 Å². The normalized spacial score (nSPS) is 14.5. The fraction of sp³-hybridized carbons (Fsp3) is 0.407. The average Bonchev–Trinajstić information content (AvgIpc) is 2.98. The monoisotopic (exact) mass is 450 g/mol. The van der Waals surface area contributed by atoms with Crippen LogP contribution < -0.4 is 10.1 Å². The molecule has 6 nitrogen and oxygen atoms in total. The van der Waals surface area contributed by atoms with Crippen molar-refractivity contribution < 1.29 is 19.1 Å². The quantitative estimate of drug-likeness (QED) is 0.545. The zero-order chi connectivity index (χ0) is 24.2. The molecule has 1 heterocycles. The maximum absolute atomic E-state index is 13.3. The Morgan fingerprint density at radius 3 is 2.12 bits per heavy atom. The van der Waals surface area contributed by atoms with Gasteiger partial charge in [0.15, 0.2) is 0 Å². The Morgan fingerprint density at radius 1 is 0.939 bits per heavy atom. The minimum atomic E-state index is -0.351. The van der Waals surface area contributed by atoms with Gasteiger partial charge in [0, 0.05) is 5.69 Å². The van der Waals surface area contributed by atoms with Crippen LogP contribution in [0.5, 0.6) is 5.75 Å². The van der Waals surface area contributed by atoms with Crippen molar-refractivity contribution in [3.8, 4) is 5.75 Å². The van der Waals surface area contributed by atoms with Crippen LogP contribution in [0.15, 0.2) is 54.2 Å². The molecule has 1 aliphatic rings. The van der Waals surface area contributed by atoms with Gasteiger partial charge in [0.2, 0.25) is 0 Å². The minimum Gasteiger partial charge on any atom is -0.494 e. The molecule has 0 spiro atoms. The molecule has 1 aliphatic heterocycles. The lowest BCUT2D eigenvalue weighted by atomic mass is 9.87. The number of imide groups is 1.